The van der Waals surface area contributed by atoms with E-state index in [-0.39, 0.29) is 11.1 Å². The normalized spacial score (nSPS) is 12.7. The van der Waals surface area contributed by atoms with Gasteiger partial charge in [-0.15, -0.1) is 0 Å². The van der Waals surface area contributed by atoms with E-state index >= 15 is 0 Å². The monoisotopic (exact) mass is 307 g/mol. The molecular formula is C12H10FN5S2. The van der Waals surface area contributed by atoms with Gasteiger partial charge in [0, 0.05) is 6.20 Å². The number of pyridine rings is 1. The van der Waals surface area contributed by atoms with Crippen LogP contribution in [-0.4, -0.2) is 19.9 Å². The van der Waals surface area contributed by atoms with E-state index in [2.05, 4.69) is 19.9 Å². The standard InChI is InChI=1S/C12H10FN5S2/c1-6(9-7(13)3-2-4-15-9)19-12-16-5-8-10(18-12)17-11(14)20-8/h2-6H,1H3,(H2,14,16,17,18)/t6-/m0/s1. The van der Waals surface area contributed by atoms with Crippen LogP contribution in [0.2, 0.25) is 0 Å². The van der Waals surface area contributed by atoms with Crippen molar-refractivity contribution in [3.63, 3.8) is 0 Å². The molecule has 0 saturated heterocycles. The molecule has 20 heavy (non-hydrogen) atoms. The number of hydrogen-bond donors (Lipinski definition) is 1. The summed E-state index contributed by atoms with van der Waals surface area (Å²) in [7, 11) is 0. The maximum absolute atomic E-state index is 13.7. The molecular weight excluding hydrogens is 297 g/mol. The second-order valence-electron chi connectivity index (χ2n) is 4.02. The summed E-state index contributed by atoms with van der Waals surface area (Å²) in [6.07, 6.45) is 3.25. The lowest BCUT2D eigenvalue weighted by Gasteiger charge is -2.09. The van der Waals surface area contributed by atoms with Gasteiger partial charge in [-0.25, -0.2) is 19.3 Å². The average Bonchev–Trinajstić information content (AvgIpc) is 2.78. The first-order valence-corrected chi connectivity index (χ1v) is 7.49. The Kier molecular flexibility index (Phi) is 3.49. The average molecular weight is 307 g/mol. The van der Waals surface area contributed by atoms with E-state index in [9.17, 15) is 4.39 Å². The van der Waals surface area contributed by atoms with E-state index < -0.39 is 0 Å². The van der Waals surface area contributed by atoms with Crippen LogP contribution in [0.3, 0.4) is 0 Å². The van der Waals surface area contributed by atoms with E-state index in [1.807, 2.05) is 6.92 Å². The minimum atomic E-state index is -0.327. The SMILES string of the molecule is C[C@H](Sc1ncc2sc(N)nc2n1)c1ncccc1F. The Morgan fingerprint density at radius 1 is 1.35 bits per heavy atom. The van der Waals surface area contributed by atoms with Gasteiger partial charge in [0.15, 0.2) is 15.9 Å². The molecule has 3 aromatic rings. The van der Waals surface area contributed by atoms with Gasteiger partial charge in [0.2, 0.25) is 0 Å². The zero-order valence-electron chi connectivity index (χ0n) is 10.4. The highest BCUT2D eigenvalue weighted by atomic mass is 32.2. The van der Waals surface area contributed by atoms with Crippen LogP contribution in [0.25, 0.3) is 10.3 Å². The van der Waals surface area contributed by atoms with Gasteiger partial charge in [0.05, 0.1) is 21.8 Å². The van der Waals surface area contributed by atoms with Crippen molar-refractivity contribution in [1.82, 2.24) is 19.9 Å². The largest absolute Gasteiger partial charge is 0.375 e. The number of aromatic nitrogens is 4. The fraction of sp³-hybridized carbons (Fsp3) is 0.167. The predicted molar refractivity (Wildman–Crippen MR) is 78.1 cm³/mol. The van der Waals surface area contributed by atoms with E-state index in [0.29, 0.717) is 21.6 Å². The Labute approximate surface area is 122 Å². The molecule has 3 heterocycles. The van der Waals surface area contributed by atoms with E-state index in [1.165, 1.54) is 29.2 Å². The Morgan fingerprint density at radius 2 is 2.20 bits per heavy atom. The van der Waals surface area contributed by atoms with Gasteiger partial charge in [-0.2, -0.15) is 0 Å². The lowest BCUT2D eigenvalue weighted by atomic mass is 10.3. The molecule has 102 valence electrons. The molecule has 0 unspecified atom stereocenters. The molecule has 0 bridgehead atoms. The molecule has 0 saturated carbocycles. The van der Waals surface area contributed by atoms with Crippen LogP contribution in [0.5, 0.6) is 0 Å². The summed E-state index contributed by atoms with van der Waals surface area (Å²) in [5.74, 6) is -0.327. The molecule has 2 N–H and O–H groups in total. The van der Waals surface area contributed by atoms with E-state index in [1.54, 1.807) is 18.5 Å². The second kappa shape index (κ2) is 5.29. The molecule has 0 aliphatic carbocycles. The number of hydrogen-bond acceptors (Lipinski definition) is 7. The summed E-state index contributed by atoms with van der Waals surface area (Å²) in [6, 6.07) is 2.96. The molecule has 3 aromatic heterocycles. The smallest absolute Gasteiger partial charge is 0.190 e. The lowest BCUT2D eigenvalue weighted by Crippen LogP contribution is -1.98. The maximum Gasteiger partial charge on any atom is 0.190 e. The molecule has 0 aliphatic rings. The molecule has 0 aromatic carbocycles. The number of halogens is 1. The molecule has 0 spiro atoms. The van der Waals surface area contributed by atoms with Crippen molar-refractivity contribution < 1.29 is 4.39 Å². The number of rotatable bonds is 3. The number of nitrogen functional groups attached to an aromatic ring is 1. The molecule has 3 rings (SSSR count). The summed E-state index contributed by atoms with van der Waals surface area (Å²) in [5.41, 5.74) is 6.58. The van der Waals surface area contributed by atoms with Crippen LogP contribution >= 0.6 is 23.1 Å². The third kappa shape index (κ3) is 2.56. The summed E-state index contributed by atoms with van der Waals surface area (Å²) in [4.78, 5) is 16.7. The van der Waals surface area contributed by atoms with Gasteiger partial charge in [0.1, 0.15) is 5.82 Å². The molecule has 8 heteroatoms. The minimum Gasteiger partial charge on any atom is -0.375 e. The summed E-state index contributed by atoms with van der Waals surface area (Å²) >= 11 is 2.67. The predicted octanol–water partition coefficient (Wildman–Crippen LogP) is 3.06. The number of fused-ring (bicyclic) bond motifs is 1. The highest BCUT2D eigenvalue weighted by molar-refractivity contribution is 7.99. The fourth-order valence-electron chi connectivity index (χ4n) is 1.71. The molecule has 0 aliphatic heterocycles. The summed E-state index contributed by atoms with van der Waals surface area (Å²) in [5, 5.41) is 0.797. The molecule has 0 fully saturated rings. The second-order valence-corrected chi connectivity index (χ2v) is 6.39. The minimum absolute atomic E-state index is 0.190. The zero-order valence-corrected chi connectivity index (χ0v) is 12.1. The zero-order chi connectivity index (χ0) is 14.1. The lowest BCUT2D eigenvalue weighted by molar-refractivity contribution is 0.600. The van der Waals surface area contributed by atoms with Gasteiger partial charge in [-0.3, -0.25) is 4.98 Å². The summed E-state index contributed by atoms with van der Waals surface area (Å²) in [6.45, 7) is 1.86. The van der Waals surface area contributed by atoms with E-state index in [0.717, 1.165) is 4.70 Å². The van der Waals surface area contributed by atoms with Gasteiger partial charge >= 0.3 is 0 Å². The Balaban J connectivity index is 1.87. The number of thiazole rings is 1. The Hall–Kier alpha value is -1.80. The van der Waals surface area contributed by atoms with Gasteiger partial charge < -0.3 is 5.73 Å². The van der Waals surface area contributed by atoms with Crippen molar-refractivity contribution in [3.8, 4) is 0 Å². The van der Waals surface area contributed by atoms with Crippen molar-refractivity contribution >= 4 is 38.6 Å². The van der Waals surface area contributed by atoms with Crippen LogP contribution in [0.1, 0.15) is 17.9 Å². The van der Waals surface area contributed by atoms with Crippen molar-refractivity contribution in [2.75, 3.05) is 5.73 Å². The highest BCUT2D eigenvalue weighted by Gasteiger charge is 2.15. The van der Waals surface area contributed by atoms with Crippen LogP contribution in [0.15, 0.2) is 29.7 Å². The topological polar surface area (TPSA) is 77.6 Å². The first-order chi connectivity index (χ1) is 9.63. The molecule has 1 atom stereocenters. The first kappa shape index (κ1) is 13.2. The molecule has 5 nitrogen and oxygen atoms in total. The van der Waals surface area contributed by atoms with Crippen LogP contribution in [-0.2, 0) is 0 Å². The first-order valence-electron chi connectivity index (χ1n) is 5.79. The van der Waals surface area contributed by atoms with Crippen molar-refractivity contribution in [1.29, 1.82) is 0 Å². The number of thioether (sulfide) groups is 1. The van der Waals surface area contributed by atoms with Crippen molar-refractivity contribution in [2.45, 2.75) is 17.3 Å². The van der Waals surface area contributed by atoms with Crippen LogP contribution < -0.4 is 5.73 Å². The van der Waals surface area contributed by atoms with Crippen LogP contribution in [0, 0.1) is 5.82 Å². The van der Waals surface area contributed by atoms with Crippen molar-refractivity contribution in [2.24, 2.45) is 0 Å². The van der Waals surface area contributed by atoms with Gasteiger partial charge in [-0.1, -0.05) is 23.1 Å². The third-order valence-corrected chi connectivity index (χ3v) is 4.39. The quantitative estimate of drug-likeness (QED) is 0.592. The van der Waals surface area contributed by atoms with Gasteiger partial charge in [-0.05, 0) is 19.1 Å². The maximum atomic E-state index is 13.7. The highest BCUT2D eigenvalue weighted by Crippen LogP contribution is 2.33. The number of nitrogens with two attached hydrogens (primary N) is 1. The number of nitrogens with zero attached hydrogens (tertiary/aromatic N) is 4. The van der Waals surface area contributed by atoms with Crippen LogP contribution in [0.4, 0.5) is 9.52 Å². The molecule has 0 radical (unpaired) electrons. The van der Waals surface area contributed by atoms with Crippen molar-refractivity contribution in [3.05, 3.63) is 36.0 Å². The van der Waals surface area contributed by atoms with Gasteiger partial charge in [0.25, 0.3) is 0 Å². The Bertz CT molecular complexity index is 760. The molecule has 0 amide bonds. The number of anilines is 1. The third-order valence-electron chi connectivity index (χ3n) is 2.60. The fourth-order valence-corrected chi connectivity index (χ4v) is 3.21. The summed E-state index contributed by atoms with van der Waals surface area (Å²) < 4.78 is 14.5. The van der Waals surface area contributed by atoms with E-state index in [4.69, 9.17) is 5.73 Å². The Morgan fingerprint density at radius 3 is 3.00 bits per heavy atom.